The van der Waals surface area contributed by atoms with Crippen LogP contribution in [0.1, 0.15) is 38.5 Å². The Labute approximate surface area is 118 Å². The Morgan fingerprint density at radius 1 is 1.00 bits per heavy atom. The molecular formula is C15H21N5. The summed E-state index contributed by atoms with van der Waals surface area (Å²) in [6.07, 6.45) is 7.89. The Balaban J connectivity index is 1.60. The van der Waals surface area contributed by atoms with E-state index in [0.717, 1.165) is 17.8 Å². The molecule has 5 nitrogen and oxygen atoms in total. The second-order valence-corrected chi connectivity index (χ2v) is 6.98. The summed E-state index contributed by atoms with van der Waals surface area (Å²) in [6, 6.07) is 3.53. The number of anilines is 2. The molecule has 106 valence electrons. The van der Waals surface area contributed by atoms with E-state index in [-0.39, 0.29) is 5.54 Å². The molecule has 5 rings (SSSR count). The fourth-order valence-corrected chi connectivity index (χ4v) is 4.92. The lowest BCUT2D eigenvalue weighted by Crippen LogP contribution is -2.49. The van der Waals surface area contributed by atoms with Crippen LogP contribution in [0.2, 0.25) is 0 Å². The minimum Gasteiger partial charge on any atom is -0.384 e. The molecule has 4 saturated carbocycles. The molecule has 0 saturated heterocycles. The van der Waals surface area contributed by atoms with Crippen LogP contribution in [-0.2, 0) is 0 Å². The van der Waals surface area contributed by atoms with E-state index in [1.54, 1.807) is 6.07 Å². The van der Waals surface area contributed by atoms with Crippen molar-refractivity contribution < 1.29 is 0 Å². The van der Waals surface area contributed by atoms with Crippen molar-refractivity contribution in [3.63, 3.8) is 0 Å². The zero-order chi connectivity index (χ0) is 13.7. The largest absolute Gasteiger partial charge is 0.384 e. The standard InChI is InChI=1S/C15H21N5/c16-13-2-1-12(14(17)18-13)19-20-15-6-9-3-10(7-15)5-11(4-9)8-15/h1-2,9-11H,3-8H2,(H4,16,17,18). The van der Waals surface area contributed by atoms with E-state index in [0.29, 0.717) is 17.3 Å². The van der Waals surface area contributed by atoms with E-state index in [1.165, 1.54) is 38.5 Å². The number of rotatable bonds is 2. The van der Waals surface area contributed by atoms with Gasteiger partial charge in [0, 0.05) is 0 Å². The van der Waals surface area contributed by atoms with Gasteiger partial charge in [-0.25, -0.2) is 4.98 Å². The molecule has 4 bridgehead atoms. The number of nitrogens with two attached hydrogens (primary N) is 2. The van der Waals surface area contributed by atoms with E-state index < -0.39 is 0 Å². The predicted molar refractivity (Wildman–Crippen MR) is 78.5 cm³/mol. The summed E-state index contributed by atoms with van der Waals surface area (Å²) in [5, 5.41) is 9.16. The first-order valence-electron chi connectivity index (χ1n) is 7.57. The maximum absolute atomic E-state index is 5.85. The van der Waals surface area contributed by atoms with Gasteiger partial charge in [-0.05, 0) is 68.4 Å². The molecule has 0 atom stereocenters. The normalized spacial score (nSPS) is 38.7. The van der Waals surface area contributed by atoms with Crippen LogP contribution in [0.4, 0.5) is 17.3 Å². The first-order chi connectivity index (χ1) is 9.62. The zero-order valence-electron chi connectivity index (χ0n) is 11.6. The second-order valence-electron chi connectivity index (χ2n) is 6.98. The van der Waals surface area contributed by atoms with Crippen molar-refractivity contribution >= 4 is 17.3 Å². The zero-order valence-corrected chi connectivity index (χ0v) is 11.6. The van der Waals surface area contributed by atoms with Crippen LogP contribution >= 0.6 is 0 Å². The second kappa shape index (κ2) is 4.17. The van der Waals surface area contributed by atoms with Crippen LogP contribution in [0.25, 0.3) is 0 Å². The van der Waals surface area contributed by atoms with Crippen molar-refractivity contribution in [2.24, 2.45) is 28.0 Å². The summed E-state index contributed by atoms with van der Waals surface area (Å²) in [5.41, 5.74) is 12.2. The van der Waals surface area contributed by atoms with Crippen molar-refractivity contribution in [1.82, 2.24) is 4.98 Å². The topological polar surface area (TPSA) is 89.6 Å². The maximum atomic E-state index is 5.85. The van der Waals surface area contributed by atoms with Gasteiger partial charge in [-0.2, -0.15) is 10.2 Å². The van der Waals surface area contributed by atoms with E-state index in [9.17, 15) is 0 Å². The number of hydrogen-bond acceptors (Lipinski definition) is 5. The van der Waals surface area contributed by atoms with Gasteiger partial charge in [0.05, 0.1) is 5.54 Å². The van der Waals surface area contributed by atoms with E-state index in [2.05, 4.69) is 10.1 Å². The predicted octanol–water partition coefficient (Wildman–Crippen LogP) is 3.30. The molecule has 20 heavy (non-hydrogen) atoms. The fourth-order valence-electron chi connectivity index (χ4n) is 4.92. The summed E-state index contributed by atoms with van der Waals surface area (Å²) in [7, 11) is 0. The monoisotopic (exact) mass is 271 g/mol. The number of nitrogen functional groups attached to an aromatic ring is 2. The van der Waals surface area contributed by atoms with Gasteiger partial charge < -0.3 is 11.5 Å². The number of aromatic nitrogens is 1. The summed E-state index contributed by atoms with van der Waals surface area (Å²) in [6.45, 7) is 0. The molecule has 4 N–H and O–H groups in total. The lowest BCUT2D eigenvalue weighted by atomic mass is 9.53. The Hall–Kier alpha value is -1.65. The fraction of sp³-hybridized carbons (Fsp3) is 0.667. The average molecular weight is 271 g/mol. The molecule has 0 aliphatic heterocycles. The number of pyridine rings is 1. The molecule has 0 radical (unpaired) electrons. The highest BCUT2D eigenvalue weighted by Crippen LogP contribution is 2.57. The Kier molecular flexibility index (Phi) is 2.53. The van der Waals surface area contributed by atoms with Crippen molar-refractivity contribution in [2.45, 2.75) is 44.1 Å². The lowest BCUT2D eigenvalue weighted by molar-refractivity contribution is -0.00154. The third-order valence-corrected chi connectivity index (χ3v) is 5.30. The van der Waals surface area contributed by atoms with Gasteiger partial charge in [-0.15, -0.1) is 0 Å². The van der Waals surface area contributed by atoms with Gasteiger partial charge >= 0.3 is 0 Å². The average Bonchev–Trinajstić information content (AvgIpc) is 2.36. The molecule has 0 unspecified atom stereocenters. The molecule has 5 heteroatoms. The lowest BCUT2D eigenvalue weighted by Gasteiger charge is -2.54. The Morgan fingerprint density at radius 3 is 2.15 bits per heavy atom. The Morgan fingerprint density at radius 2 is 1.60 bits per heavy atom. The first kappa shape index (κ1) is 12.1. The van der Waals surface area contributed by atoms with Crippen molar-refractivity contribution in [1.29, 1.82) is 0 Å². The third kappa shape index (κ3) is 1.96. The summed E-state index contributed by atoms with van der Waals surface area (Å²) in [4.78, 5) is 4.04. The van der Waals surface area contributed by atoms with Crippen LogP contribution < -0.4 is 11.5 Å². The number of hydrogen-bond donors (Lipinski definition) is 2. The molecular weight excluding hydrogens is 250 g/mol. The molecule has 1 heterocycles. The van der Waals surface area contributed by atoms with Gasteiger partial charge in [0.25, 0.3) is 0 Å². The minimum atomic E-state index is 0.0859. The molecule has 1 aromatic heterocycles. The van der Waals surface area contributed by atoms with Gasteiger partial charge in [0.1, 0.15) is 11.5 Å². The van der Waals surface area contributed by atoms with Gasteiger partial charge in [0.15, 0.2) is 5.82 Å². The van der Waals surface area contributed by atoms with Crippen molar-refractivity contribution in [3.8, 4) is 0 Å². The highest BCUT2D eigenvalue weighted by Gasteiger charge is 2.51. The SMILES string of the molecule is Nc1ccc(N=NC23CC4CC(CC(C4)C2)C3)c(N)n1. The van der Waals surface area contributed by atoms with E-state index >= 15 is 0 Å². The molecule has 0 amide bonds. The van der Waals surface area contributed by atoms with Gasteiger partial charge in [0.2, 0.25) is 0 Å². The van der Waals surface area contributed by atoms with Crippen LogP contribution in [0.15, 0.2) is 22.4 Å². The molecule has 1 aromatic rings. The summed E-state index contributed by atoms with van der Waals surface area (Å²) >= 11 is 0. The number of nitrogens with zero attached hydrogens (tertiary/aromatic N) is 3. The quantitative estimate of drug-likeness (QED) is 0.809. The third-order valence-electron chi connectivity index (χ3n) is 5.30. The molecule has 4 aliphatic carbocycles. The van der Waals surface area contributed by atoms with Crippen LogP contribution in [0.5, 0.6) is 0 Å². The van der Waals surface area contributed by atoms with Gasteiger partial charge in [-0.3, -0.25) is 0 Å². The van der Waals surface area contributed by atoms with E-state index in [1.807, 2.05) is 6.07 Å². The Bertz CT molecular complexity index is 530. The van der Waals surface area contributed by atoms with Crippen LogP contribution in [-0.4, -0.2) is 10.5 Å². The summed E-state index contributed by atoms with van der Waals surface area (Å²) in [5.74, 6) is 3.43. The van der Waals surface area contributed by atoms with E-state index in [4.69, 9.17) is 16.6 Å². The molecule has 0 aromatic carbocycles. The molecule has 4 fully saturated rings. The highest BCUT2D eigenvalue weighted by atomic mass is 15.2. The molecule has 4 aliphatic rings. The highest BCUT2D eigenvalue weighted by molar-refractivity contribution is 5.59. The minimum absolute atomic E-state index is 0.0859. The van der Waals surface area contributed by atoms with Gasteiger partial charge in [-0.1, -0.05) is 0 Å². The molecule has 0 spiro atoms. The maximum Gasteiger partial charge on any atom is 0.153 e. The first-order valence-corrected chi connectivity index (χ1v) is 7.57. The van der Waals surface area contributed by atoms with Crippen molar-refractivity contribution in [3.05, 3.63) is 12.1 Å². The number of azo groups is 1. The smallest absolute Gasteiger partial charge is 0.153 e. The van der Waals surface area contributed by atoms with Crippen LogP contribution in [0.3, 0.4) is 0 Å². The van der Waals surface area contributed by atoms with Crippen LogP contribution in [0, 0.1) is 17.8 Å². The van der Waals surface area contributed by atoms with Crippen molar-refractivity contribution in [2.75, 3.05) is 11.5 Å². The summed E-state index contributed by atoms with van der Waals surface area (Å²) < 4.78 is 0.